The molecule has 1 heterocycles. The van der Waals surface area contributed by atoms with Gasteiger partial charge in [-0.15, -0.1) is 0 Å². The molecule has 1 fully saturated rings. The van der Waals surface area contributed by atoms with Crippen LogP contribution in [0.5, 0.6) is 0 Å². The number of nitrogens with one attached hydrogen (secondary N) is 1. The topological polar surface area (TPSA) is 189 Å². The number of aliphatic hydroxyl groups excluding tert-OH is 7. The summed E-state index contributed by atoms with van der Waals surface area (Å²) in [5.74, 6) is -0.718. The van der Waals surface area contributed by atoms with Crippen LogP contribution in [0.4, 0.5) is 0 Å². The molecular weight excluding hydrogens is 606 g/mol. The van der Waals surface area contributed by atoms with Crippen molar-refractivity contribution < 1.29 is 50.0 Å². The van der Waals surface area contributed by atoms with Crippen molar-refractivity contribution in [1.82, 2.24) is 5.32 Å². The molecule has 1 saturated heterocycles. The van der Waals surface area contributed by atoms with E-state index in [0.29, 0.717) is 19.3 Å². The molecule has 9 unspecified atom stereocenters. The summed E-state index contributed by atoms with van der Waals surface area (Å²) in [5.41, 5.74) is 0. The molecule has 47 heavy (non-hydrogen) atoms. The highest BCUT2D eigenvalue weighted by Crippen LogP contribution is 2.23. The lowest BCUT2D eigenvalue weighted by Gasteiger charge is -2.40. The summed E-state index contributed by atoms with van der Waals surface area (Å²) in [4.78, 5) is 12.9. The number of aliphatic hydroxyl groups is 7. The van der Waals surface area contributed by atoms with E-state index in [2.05, 4.69) is 37.4 Å². The maximum Gasteiger partial charge on any atom is 0.249 e. The first-order valence-corrected chi connectivity index (χ1v) is 18.2. The molecule has 1 amide bonds. The summed E-state index contributed by atoms with van der Waals surface area (Å²) in [6, 6.07) is -1.18. The summed E-state index contributed by atoms with van der Waals surface area (Å²) in [7, 11) is 0. The number of rotatable bonds is 28. The minimum Gasteiger partial charge on any atom is -0.394 e. The second-order valence-corrected chi connectivity index (χ2v) is 12.9. The van der Waals surface area contributed by atoms with E-state index in [9.17, 15) is 40.5 Å². The monoisotopic (exact) mass is 673 g/mol. The Morgan fingerprint density at radius 1 is 0.723 bits per heavy atom. The summed E-state index contributed by atoms with van der Waals surface area (Å²) in [5, 5.41) is 74.9. The molecule has 1 rings (SSSR count). The second kappa shape index (κ2) is 27.4. The Morgan fingerprint density at radius 3 is 1.87 bits per heavy atom. The summed E-state index contributed by atoms with van der Waals surface area (Å²) in [6.07, 6.45) is 14.0. The van der Waals surface area contributed by atoms with Crippen LogP contribution in [0, 0.1) is 0 Å². The number of amides is 1. The van der Waals surface area contributed by atoms with Gasteiger partial charge in [0.05, 0.1) is 25.4 Å². The molecular formula is C36H67NO10. The van der Waals surface area contributed by atoms with Gasteiger partial charge in [0.1, 0.15) is 36.6 Å². The van der Waals surface area contributed by atoms with Gasteiger partial charge in [-0.3, -0.25) is 4.79 Å². The van der Waals surface area contributed by atoms with Gasteiger partial charge >= 0.3 is 0 Å². The zero-order valence-electron chi connectivity index (χ0n) is 29.0. The average molecular weight is 674 g/mol. The van der Waals surface area contributed by atoms with Crippen molar-refractivity contribution in [2.24, 2.45) is 0 Å². The van der Waals surface area contributed by atoms with Gasteiger partial charge in [0.2, 0.25) is 5.91 Å². The van der Waals surface area contributed by atoms with E-state index in [1.54, 1.807) is 0 Å². The van der Waals surface area contributed by atoms with Crippen molar-refractivity contribution in [2.75, 3.05) is 13.2 Å². The molecule has 9 atom stereocenters. The smallest absolute Gasteiger partial charge is 0.249 e. The molecule has 0 aromatic carbocycles. The van der Waals surface area contributed by atoms with E-state index < -0.39 is 74.2 Å². The van der Waals surface area contributed by atoms with Crippen molar-refractivity contribution in [2.45, 2.75) is 184 Å². The highest BCUT2D eigenvalue weighted by Gasteiger charge is 2.44. The standard InChI is InChI=1S/C36H67NO10/c1-3-5-7-9-11-13-14-16-17-19-21-23-28(39)31(41)27(26-46-36-34(44)33(43)32(42)30(25-38)47-36)37-35(45)29(40)24-22-20-18-15-12-10-8-6-4-2/h9,11,16-17,27-34,36,38-44H,3-8,10,12-15,18-26H2,1-2H3,(H,37,45)/b11-9+,17-16+. The van der Waals surface area contributed by atoms with Gasteiger partial charge < -0.3 is 50.5 Å². The van der Waals surface area contributed by atoms with E-state index >= 15 is 0 Å². The van der Waals surface area contributed by atoms with Crippen LogP contribution in [0.1, 0.15) is 129 Å². The SMILES string of the molecule is CCCC/C=C/CC/C=C/CCCC(O)C(O)C(COC1OC(CO)C(O)C(O)C1O)NC(=O)C(O)CCCCCCCCCCC. The van der Waals surface area contributed by atoms with Gasteiger partial charge in [0.15, 0.2) is 6.29 Å². The Kier molecular flexibility index (Phi) is 25.4. The maximum absolute atomic E-state index is 12.9. The first kappa shape index (κ1) is 43.6. The molecule has 276 valence electrons. The number of hydrogen-bond donors (Lipinski definition) is 8. The molecule has 0 aromatic rings. The van der Waals surface area contributed by atoms with E-state index in [0.717, 1.165) is 38.5 Å². The van der Waals surface area contributed by atoms with Crippen LogP contribution < -0.4 is 5.32 Å². The maximum atomic E-state index is 12.9. The van der Waals surface area contributed by atoms with Crippen LogP contribution in [0.25, 0.3) is 0 Å². The highest BCUT2D eigenvalue weighted by atomic mass is 16.7. The summed E-state index contributed by atoms with van der Waals surface area (Å²) >= 11 is 0. The average Bonchev–Trinajstić information content (AvgIpc) is 3.07. The van der Waals surface area contributed by atoms with Crippen molar-refractivity contribution in [3.63, 3.8) is 0 Å². The van der Waals surface area contributed by atoms with Crippen LogP contribution in [0.3, 0.4) is 0 Å². The van der Waals surface area contributed by atoms with Crippen LogP contribution in [0.15, 0.2) is 24.3 Å². The number of unbranched alkanes of at least 4 members (excludes halogenated alkanes) is 12. The number of carbonyl (C=O) groups is 1. The molecule has 0 aromatic heterocycles. The van der Waals surface area contributed by atoms with E-state index in [4.69, 9.17) is 9.47 Å². The summed E-state index contributed by atoms with van der Waals surface area (Å²) < 4.78 is 11.0. The van der Waals surface area contributed by atoms with Gasteiger partial charge in [-0.2, -0.15) is 0 Å². The molecule has 0 radical (unpaired) electrons. The van der Waals surface area contributed by atoms with Gasteiger partial charge in [0.25, 0.3) is 0 Å². The zero-order valence-corrected chi connectivity index (χ0v) is 29.0. The molecule has 1 aliphatic rings. The number of ether oxygens (including phenoxy) is 2. The quantitative estimate of drug-likeness (QED) is 0.0451. The second-order valence-electron chi connectivity index (χ2n) is 12.9. The lowest BCUT2D eigenvalue weighted by Crippen LogP contribution is -2.60. The molecule has 0 spiro atoms. The molecule has 0 bridgehead atoms. The van der Waals surface area contributed by atoms with Crippen LogP contribution in [-0.4, -0.2) is 110 Å². The Morgan fingerprint density at radius 2 is 1.28 bits per heavy atom. The lowest BCUT2D eigenvalue weighted by molar-refractivity contribution is -0.303. The van der Waals surface area contributed by atoms with E-state index in [-0.39, 0.29) is 12.8 Å². The Bertz CT molecular complexity index is 826. The molecule has 1 aliphatic heterocycles. The van der Waals surface area contributed by atoms with Gasteiger partial charge in [-0.1, -0.05) is 109 Å². The predicted octanol–water partition coefficient (Wildman–Crippen LogP) is 3.54. The Balaban J connectivity index is 2.66. The predicted molar refractivity (Wildman–Crippen MR) is 182 cm³/mol. The molecule has 8 N–H and O–H groups in total. The van der Waals surface area contributed by atoms with Crippen LogP contribution in [-0.2, 0) is 14.3 Å². The fraction of sp³-hybridized carbons (Fsp3) is 0.861. The first-order valence-electron chi connectivity index (χ1n) is 18.2. The molecule has 11 nitrogen and oxygen atoms in total. The highest BCUT2D eigenvalue weighted by molar-refractivity contribution is 5.80. The number of carbonyl (C=O) groups excluding carboxylic acids is 1. The Labute approximate surface area is 283 Å². The molecule has 11 heteroatoms. The number of allylic oxidation sites excluding steroid dienone is 4. The van der Waals surface area contributed by atoms with E-state index in [1.165, 1.54) is 44.9 Å². The molecule has 0 saturated carbocycles. The third kappa shape index (κ3) is 18.8. The van der Waals surface area contributed by atoms with Crippen molar-refractivity contribution in [1.29, 1.82) is 0 Å². The normalized spacial score (nSPS) is 24.5. The first-order chi connectivity index (χ1) is 22.7. The largest absolute Gasteiger partial charge is 0.394 e. The van der Waals surface area contributed by atoms with Gasteiger partial charge in [-0.05, 0) is 44.9 Å². The lowest BCUT2D eigenvalue weighted by atomic mass is 9.98. The Hall–Kier alpha value is -1.41. The zero-order chi connectivity index (χ0) is 34.9. The van der Waals surface area contributed by atoms with E-state index in [1.807, 2.05) is 6.08 Å². The van der Waals surface area contributed by atoms with Crippen molar-refractivity contribution in [3.05, 3.63) is 24.3 Å². The summed E-state index contributed by atoms with van der Waals surface area (Å²) in [6.45, 7) is 3.28. The van der Waals surface area contributed by atoms with Crippen LogP contribution >= 0.6 is 0 Å². The van der Waals surface area contributed by atoms with Gasteiger partial charge in [-0.25, -0.2) is 0 Å². The minimum atomic E-state index is -1.66. The molecule has 0 aliphatic carbocycles. The number of hydrogen-bond acceptors (Lipinski definition) is 10. The minimum absolute atomic E-state index is 0.246. The van der Waals surface area contributed by atoms with Gasteiger partial charge in [0, 0.05) is 0 Å². The van der Waals surface area contributed by atoms with Crippen LogP contribution in [0.2, 0.25) is 0 Å². The fourth-order valence-electron chi connectivity index (χ4n) is 5.56. The van der Waals surface area contributed by atoms with Crippen molar-refractivity contribution in [3.8, 4) is 0 Å². The van der Waals surface area contributed by atoms with Crippen molar-refractivity contribution >= 4 is 5.91 Å². The third-order valence-electron chi connectivity index (χ3n) is 8.73. The third-order valence-corrected chi connectivity index (χ3v) is 8.73. The fourth-order valence-corrected chi connectivity index (χ4v) is 5.56.